The topological polar surface area (TPSA) is 71.2 Å². The molecule has 6 nitrogen and oxygen atoms in total. The highest BCUT2D eigenvalue weighted by molar-refractivity contribution is 7.93. The summed E-state index contributed by atoms with van der Waals surface area (Å²) in [5.41, 5.74) is 3.84. The molecule has 2 atom stereocenters. The smallest absolute Gasteiger partial charge is 0.124 e. The van der Waals surface area contributed by atoms with E-state index in [4.69, 9.17) is 9.52 Å². The SMILES string of the molecule is Cc1cncc2c1c(C[C@@H]1CCN(CC3CCOCC3)C1)cn2-c1ccc(F)cc1S(=N)(=O)C(C)C. The standard InChI is InChI=1S/C28H37FN4O2S/c1-19(2)36(30,34)27-13-24(29)4-5-25(27)33-18-23(28-20(3)14-31-15-26(28)33)12-22-6-9-32(17-22)16-21-7-10-35-11-8-21/h4-5,13-15,18-19,21-22,30H,6-12,16-17H2,1-3H3/t22-,36?/m0/s1. The van der Waals surface area contributed by atoms with Crippen LogP contribution in [0.2, 0.25) is 0 Å². The lowest BCUT2D eigenvalue weighted by molar-refractivity contribution is 0.0551. The summed E-state index contributed by atoms with van der Waals surface area (Å²) >= 11 is 0. The predicted molar refractivity (Wildman–Crippen MR) is 142 cm³/mol. The summed E-state index contributed by atoms with van der Waals surface area (Å²) in [6, 6.07) is 4.30. The molecule has 5 rings (SSSR count). The minimum absolute atomic E-state index is 0.242. The van der Waals surface area contributed by atoms with Crippen LogP contribution in [-0.4, -0.2) is 56.8 Å². The van der Waals surface area contributed by atoms with Crippen LogP contribution in [0, 0.1) is 29.4 Å². The number of rotatable bonds is 7. The lowest BCUT2D eigenvalue weighted by Gasteiger charge is -2.27. The molecule has 0 spiro atoms. The van der Waals surface area contributed by atoms with Gasteiger partial charge in [0.05, 0.1) is 32.0 Å². The summed E-state index contributed by atoms with van der Waals surface area (Å²) in [5, 5.41) is 0.726. The zero-order chi connectivity index (χ0) is 25.4. The Morgan fingerprint density at radius 2 is 1.97 bits per heavy atom. The quantitative estimate of drug-likeness (QED) is 0.449. The third-order valence-corrected chi connectivity index (χ3v) is 10.2. The number of hydrogen-bond acceptors (Lipinski definition) is 5. The number of hydrogen-bond donors (Lipinski definition) is 1. The lowest BCUT2D eigenvalue weighted by Crippen LogP contribution is -2.31. The van der Waals surface area contributed by atoms with E-state index < -0.39 is 20.8 Å². The number of pyridine rings is 1. The number of halogens is 1. The molecular weight excluding hydrogens is 475 g/mol. The van der Waals surface area contributed by atoms with E-state index in [1.54, 1.807) is 19.9 Å². The van der Waals surface area contributed by atoms with Crippen LogP contribution < -0.4 is 0 Å². The van der Waals surface area contributed by atoms with Gasteiger partial charge in [-0.05, 0) is 94.2 Å². The van der Waals surface area contributed by atoms with Gasteiger partial charge in [-0.2, -0.15) is 0 Å². The lowest BCUT2D eigenvalue weighted by atomic mass is 9.97. The highest BCUT2D eigenvalue weighted by Crippen LogP contribution is 2.34. The third-order valence-electron chi connectivity index (χ3n) is 7.89. The Kier molecular flexibility index (Phi) is 7.21. The molecule has 0 amide bonds. The fourth-order valence-corrected chi connectivity index (χ4v) is 7.10. The molecule has 36 heavy (non-hydrogen) atoms. The molecular formula is C28H37FN4O2S. The van der Waals surface area contributed by atoms with Crippen molar-refractivity contribution in [2.24, 2.45) is 11.8 Å². The average Bonchev–Trinajstić information content (AvgIpc) is 3.45. The Morgan fingerprint density at radius 3 is 2.72 bits per heavy atom. The highest BCUT2D eigenvalue weighted by atomic mass is 32.2. The minimum atomic E-state index is -3.19. The van der Waals surface area contributed by atoms with E-state index in [0.717, 1.165) is 74.5 Å². The Morgan fingerprint density at radius 1 is 1.19 bits per heavy atom. The number of likely N-dealkylation sites (tertiary alicyclic amines) is 1. The first-order chi connectivity index (χ1) is 17.2. The Hall–Kier alpha value is -2.29. The van der Waals surface area contributed by atoms with Crippen LogP contribution in [0.3, 0.4) is 0 Å². The second kappa shape index (κ2) is 10.2. The zero-order valence-corrected chi connectivity index (χ0v) is 22.3. The molecule has 2 fully saturated rings. The molecule has 1 N–H and O–H groups in total. The number of benzene rings is 1. The van der Waals surface area contributed by atoms with E-state index in [1.807, 2.05) is 17.0 Å². The molecule has 4 heterocycles. The first-order valence-electron chi connectivity index (χ1n) is 13.1. The van der Waals surface area contributed by atoms with Gasteiger partial charge in [0.25, 0.3) is 0 Å². The van der Waals surface area contributed by atoms with Crippen molar-refractivity contribution in [3.63, 3.8) is 0 Å². The van der Waals surface area contributed by atoms with Gasteiger partial charge in [-0.3, -0.25) is 4.98 Å². The highest BCUT2D eigenvalue weighted by Gasteiger charge is 2.28. The maximum Gasteiger partial charge on any atom is 0.124 e. The summed E-state index contributed by atoms with van der Waals surface area (Å²) in [5.74, 6) is 0.835. The van der Waals surface area contributed by atoms with Crippen LogP contribution in [0.1, 0.15) is 44.2 Å². The van der Waals surface area contributed by atoms with Gasteiger partial charge in [-0.25, -0.2) is 13.4 Å². The monoisotopic (exact) mass is 512 g/mol. The summed E-state index contributed by atoms with van der Waals surface area (Å²) in [4.78, 5) is 7.29. The molecule has 2 saturated heterocycles. The van der Waals surface area contributed by atoms with Crippen molar-refractivity contribution in [3.05, 3.63) is 53.7 Å². The molecule has 8 heteroatoms. The van der Waals surface area contributed by atoms with E-state index in [-0.39, 0.29) is 4.90 Å². The van der Waals surface area contributed by atoms with Gasteiger partial charge in [-0.15, -0.1) is 0 Å². The Balaban J connectivity index is 1.47. The van der Waals surface area contributed by atoms with Gasteiger partial charge in [0.2, 0.25) is 0 Å². The van der Waals surface area contributed by atoms with Crippen LogP contribution >= 0.6 is 0 Å². The fraction of sp³-hybridized carbons (Fsp3) is 0.536. The van der Waals surface area contributed by atoms with E-state index in [2.05, 4.69) is 23.0 Å². The van der Waals surface area contributed by atoms with Gasteiger partial charge in [0.1, 0.15) is 5.82 Å². The van der Waals surface area contributed by atoms with Crippen molar-refractivity contribution in [2.75, 3.05) is 32.8 Å². The van der Waals surface area contributed by atoms with Crippen LogP contribution in [0.25, 0.3) is 16.6 Å². The van der Waals surface area contributed by atoms with Crippen molar-refractivity contribution in [1.29, 1.82) is 4.78 Å². The summed E-state index contributed by atoms with van der Waals surface area (Å²) in [6.45, 7) is 10.8. The molecule has 2 aliphatic heterocycles. The van der Waals surface area contributed by atoms with Gasteiger partial charge in [0.15, 0.2) is 0 Å². The molecule has 3 aromatic rings. The molecule has 194 valence electrons. The van der Waals surface area contributed by atoms with Crippen molar-refractivity contribution in [3.8, 4) is 5.69 Å². The number of ether oxygens (including phenoxy) is 1. The van der Waals surface area contributed by atoms with Crippen LogP contribution in [0.15, 0.2) is 41.7 Å². The van der Waals surface area contributed by atoms with Crippen molar-refractivity contribution < 1.29 is 13.3 Å². The van der Waals surface area contributed by atoms with E-state index in [0.29, 0.717) is 11.6 Å². The first-order valence-corrected chi connectivity index (χ1v) is 14.7. The number of aromatic nitrogens is 2. The third kappa shape index (κ3) is 4.95. The van der Waals surface area contributed by atoms with Gasteiger partial charge in [0, 0.05) is 49.3 Å². The maximum absolute atomic E-state index is 14.3. The van der Waals surface area contributed by atoms with E-state index in [9.17, 15) is 8.60 Å². The molecule has 0 radical (unpaired) electrons. The number of fused-ring (bicyclic) bond motifs is 1. The van der Waals surface area contributed by atoms with Crippen LogP contribution in [0.5, 0.6) is 0 Å². The largest absolute Gasteiger partial charge is 0.381 e. The van der Waals surface area contributed by atoms with Crippen LogP contribution in [-0.2, 0) is 20.9 Å². The normalized spacial score (nSPS) is 21.4. The number of nitrogens with zero attached hydrogens (tertiary/aromatic N) is 3. The zero-order valence-electron chi connectivity index (χ0n) is 21.5. The predicted octanol–water partition coefficient (Wildman–Crippen LogP) is 5.58. The van der Waals surface area contributed by atoms with Crippen LogP contribution in [0.4, 0.5) is 4.39 Å². The molecule has 2 aromatic heterocycles. The Labute approximate surface area is 213 Å². The van der Waals surface area contributed by atoms with E-state index >= 15 is 0 Å². The Bertz CT molecular complexity index is 1350. The van der Waals surface area contributed by atoms with Gasteiger partial charge >= 0.3 is 0 Å². The van der Waals surface area contributed by atoms with E-state index in [1.165, 1.54) is 24.1 Å². The minimum Gasteiger partial charge on any atom is -0.381 e. The number of nitrogens with one attached hydrogen (secondary N) is 1. The van der Waals surface area contributed by atoms with Gasteiger partial charge in [-0.1, -0.05) is 0 Å². The van der Waals surface area contributed by atoms with Crippen molar-refractivity contribution in [2.45, 2.75) is 56.6 Å². The maximum atomic E-state index is 14.3. The van der Waals surface area contributed by atoms with Crippen molar-refractivity contribution in [1.82, 2.24) is 14.5 Å². The molecule has 1 unspecified atom stereocenters. The number of aryl methyl sites for hydroxylation is 1. The average molecular weight is 513 g/mol. The van der Waals surface area contributed by atoms with Gasteiger partial charge < -0.3 is 14.2 Å². The molecule has 2 aliphatic rings. The van der Waals surface area contributed by atoms with Crippen molar-refractivity contribution >= 4 is 20.6 Å². The molecule has 0 bridgehead atoms. The fourth-order valence-electron chi connectivity index (χ4n) is 5.83. The molecule has 1 aromatic carbocycles. The summed E-state index contributed by atoms with van der Waals surface area (Å²) < 4.78 is 43.8. The summed E-state index contributed by atoms with van der Waals surface area (Å²) in [7, 11) is -3.19. The molecule has 0 saturated carbocycles. The summed E-state index contributed by atoms with van der Waals surface area (Å²) in [6.07, 6.45) is 10.3. The molecule has 0 aliphatic carbocycles. The second-order valence-electron chi connectivity index (χ2n) is 10.8. The second-order valence-corrected chi connectivity index (χ2v) is 13.4. The first kappa shape index (κ1) is 25.4.